The number of hydrogen-bond donors (Lipinski definition) is 2. The third-order valence-corrected chi connectivity index (χ3v) is 5.00. The maximum atomic E-state index is 12.4. The normalized spacial score (nSPS) is 10.3. The van der Waals surface area contributed by atoms with E-state index in [4.69, 9.17) is 4.74 Å². The predicted octanol–water partition coefficient (Wildman–Crippen LogP) is 3.18. The minimum atomic E-state index is -0.640. The molecule has 2 N–H and O–H groups in total. The largest absolute Gasteiger partial charge is 0.452 e. The summed E-state index contributed by atoms with van der Waals surface area (Å²) in [6.07, 6.45) is 0. The number of esters is 1. The molecular formula is C19H23N3O4S. The van der Waals surface area contributed by atoms with E-state index in [2.05, 4.69) is 10.6 Å². The zero-order valence-electron chi connectivity index (χ0n) is 16.0. The van der Waals surface area contributed by atoms with Crippen LogP contribution in [-0.4, -0.2) is 38.5 Å². The van der Waals surface area contributed by atoms with Crippen molar-refractivity contribution in [2.24, 2.45) is 0 Å². The van der Waals surface area contributed by atoms with E-state index in [0.29, 0.717) is 10.7 Å². The first-order valence-electron chi connectivity index (χ1n) is 8.31. The summed E-state index contributed by atoms with van der Waals surface area (Å²) in [5.74, 6) is -1.35. The molecule has 0 saturated heterocycles. The zero-order valence-corrected chi connectivity index (χ0v) is 16.8. The lowest BCUT2D eigenvalue weighted by Gasteiger charge is -2.13. The third-order valence-electron chi connectivity index (χ3n) is 3.88. The molecule has 0 unspecified atom stereocenters. The zero-order chi connectivity index (χ0) is 20.1. The molecule has 0 fully saturated rings. The van der Waals surface area contributed by atoms with Crippen LogP contribution < -0.4 is 15.5 Å². The first-order chi connectivity index (χ1) is 12.7. The van der Waals surface area contributed by atoms with Gasteiger partial charge in [-0.3, -0.25) is 9.59 Å². The average molecular weight is 389 g/mol. The van der Waals surface area contributed by atoms with E-state index in [9.17, 15) is 14.4 Å². The Kier molecular flexibility index (Phi) is 6.57. The number of rotatable bonds is 6. The van der Waals surface area contributed by atoms with E-state index in [0.717, 1.165) is 16.1 Å². The lowest BCUT2D eigenvalue weighted by atomic mass is 10.1. The number of amides is 2. The molecule has 0 radical (unpaired) electrons. The molecule has 1 aromatic heterocycles. The summed E-state index contributed by atoms with van der Waals surface area (Å²) in [6.45, 7) is 4.59. The van der Waals surface area contributed by atoms with Crippen LogP contribution in [0.3, 0.4) is 0 Å². The molecule has 0 bridgehead atoms. The molecule has 2 rings (SSSR count). The van der Waals surface area contributed by atoms with E-state index in [1.807, 2.05) is 38.1 Å². The second-order valence-electron chi connectivity index (χ2n) is 6.23. The summed E-state index contributed by atoms with van der Waals surface area (Å²) < 4.78 is 5.14. The Morgan fingerprint density at radius 1 is 1.07 bits per heavy atom. The van der Waals surface area contributed by atoms with Crippen molar-refractivity contribution in [2.75, 3.05) is 36.2 Å². The Bertz CT molecular complexity index is 857. The number of carbonyl (C=O) groups excluding carboxylic acids is 3. The molecule has 7 nitrogen and oxygen atoms in total. The molecule has 27 heavy (non-hydrogen) atoms. The van der Waals surface area contributed by atoms with Crippen molar-refractivity contribution < 1.29 is 19.1 Å². The third kappa shape index (κ3) is 5.30. The molecule has 1 aromatic carbocycles. The Labute approximate surface area is 162 Å². The van der Waals surface area contributed by atoms with E-state index in [1.165, 1.54) is 18.3 Å². The molecule has 0 saturated carbocycles. The number of thiophene rings is 1. The lowest BCUT2D eigenvalue weighted by Crippen LogP contribution is -2.21. The van der Waals surface area contributed by atoms with Gasteiger partial charge in [-0.2, -0.15) is 0 Å². The number of nitrogens with zero attached hydrogens (tertiary/aromatic N) is 1. The Morgan fingerprint density at radius 3 is 2.26 bits per heavy atom. The predicted molar refractivity (Wildman–Crippen MR) is 108 cm³/mol. The van der Waals surface area contributed by atoms with Gasteiger partial charge in [0.15, 0.2) is 6.61 Å². The Morgan fingerprint density at radius 2 is 1.70 bits per heavy atom. The van der Waals surface area contributed by atoms with Crippen molar-refractivity contribution in [3.05, 3.63) is 40.3 Å². The van der Waals surface area contributed by atoms with Crippen LogP contribution >= 0.6 is 11.3 Å². The van der Waals surface area contributed by atoms with Crippen LogP contribution in [0, 0.1) is 13.8 Å². The number of anilines is 3. The summed E-state index contributed by atoms with van der Waals surface area (Å²) in [6, 6.07) is 7.30. The number of benzene rings is 1. The van der Waals surface area contributed by atoms with E-state index in [-0.39, 0.29) is 11.5 Å². The summed E-state index contributed by atoms with van der Waals surface area (Å²) in [7, 11) is 3.85. The second kappa shape index (κ2) is 8.68. The SMILES string of the molecule is CC(=O)Nc1sc(C)c(C)c1C(=O)OCC(=O)Nc1ccc(N(C)C)cc1. The Balaban J connectivity index is 1.99. The number of aryl methyl sites for hydroxylation is 1. The van der Waals surface area contributed by atoms with Gasteiger partial charge in [0, 0.05) is 37.3 Å². The molecule has 0 spiro atoms. The van der Waals surface area contributed by atoms with E-state index < -0.39 is 18.5 Å². The van der Waals surface area contributed by atoms with Gasteiger partial charge in [-0.1, -0.05) is 0 Å². The molecule has 144 valence electrons. The summed E-state index contributed by atoms with van der Waals surface area (Å²) in [5, 5.41) is 5.74. The van der Waals surface area contributed by atoms with Crippen molar-refractivity contribution in [3.63, 3.8) is 0 Å². The van der Waals surface area contributed by atoms with Gasteiger partial charge in [0.2, 0.25) is 5.91 Å². The minimum Gasteiger partial charge on any atom is -0.452 e. The maximum Gasteiger partial charge on any atom is 0.341 e. The molecule has 2 amide bonds. The first kappa shape index (κ1) is 20.4. The average Bonchev–Trinajstić information content (AvgIpc) is 2.86. The highest BCUT2D eigenvalue weighted by Crippen LogP contribution is 2.33. The van der Waals surface area contributed by atoms with E-state index in [1.54, 1.807) is 19.1 Å². The van der Waals surface area contributed by atoms with Gasteiger partial charge in [-0.25, -0.2) is 4.79 Å². The summed E-state index contributed by atoms with van der Waals surface area (Å²) >= 11 is 1.30. The number of hydrogen-bond acceptors (Lipinski definition) is 6. The van der Waals surface area contributed by atoms with Gasteiger partial charge < -0.3 is 20.3 Å². The number of nitrogens with one attached hydrogen (secondary N) is 2. The quantitative estimate of drug-likeness (QED) is 0.741. The van der Waals surface area contributed by atoms with Crippen molar-refractivity contribution in [1.29, 1.82) is 0 Å². The van der Waals surface area contributed by atoms with Crippen LogP contribution in [0.2, 0.25) is 0 Å². The minimum absolute atomic E-state index is 0.274. The Hall–Kier alpha value is -2.87. The number of carbonyl (C=O) groups is 3. The fourth-order valence-electron chi connectivity index (χ4n) is 2.36. The monoisotopic (exact) mass is 389 g/mol. The fourth-order valence-corrected chi connectivity index (χ4v) is 3.46. The van der Waals surface area contributed by atoms with Crippen molar-refractivity contribution in [1.82, 2.24) is 0 Å². The molecule has 0 aliphatic carbocycles. The smallest absolute Gasteiger partial charge is 0.341 e. The van der Waals surface area contributed by atoms with E-state index >= 15 is 0 Å². The molecule has 8 heteroatoms. The summed E-state index contributed by atoms with van der Waals surface area (Å²) in [4.78, 5) is 38.6. The molecular weight excluding hydrogens is 366 g/mol. The lowest BCUT2D eigenvalue weighted by molar-refractivity contribution is -0.119. The highest BCUT2D eigenvalue weighted by Gasteiger charge is 2.22. The van der Waals surface area contributed by atoms with Gasteiger partial charge in [-0.15, -0.1) is 11.3 Å². The maximum absolute atomic E-state index is 12.4. The standard InChI is InChI=1S/C19H23N3O4S/c1-11-12(2)27-18(20-13(3)23)17(11)19(25)26-10-16(24)21-14-6-8-15(9-7-14)22(4)5/h6-9H,10H2,1-5H3,(H,20,23)(H,21,24). The van der Waals surface area contributed by atoms with Crippen LogP contribution in [0.25, 0.3) is 0 Å². The highest BCUT2D eigenvalue weighted by atomic mass is 32.1. The molecule has 0 aliphatic heterocycles. The van der Waals surface area contributed by atoms with Crippen LogP contribution in [0.5, 0.6) is 0 Å². The second-order valence-corrected chi connectivity index (χ2v) is 7.46. The van der Waals surface area contributed by atoms with Gasteiger partial charge in [0.25, 0.3) is 5.91 Å². The summed E-state index contributed by atoms with van der Waals surface area (Å²) in [5.41, 5.74) is 2.64. The van der Waals surface area contributed by atoms with Crippen LogP contribution in [0.1, 0.15) is 27.7 Å². The van der Waals surface area contributed by atoms with Crippen molar-refractivity contribution in [3.8, 4) is 0 Å². The van der Waals surface area contributed by atoms with Gasteiger partial charge in [0.1, 0.15) is 5.00 Å². The first-order valence-corrected chi connectivity index (χ1v) is 9.12. The van der Waals surface area contributed by atoms with Crippen LogP contribution in [-0.2, 0) is 14.3 Å². The molecule has 1 heterocycles. The fraction of sp³-hybridized carbons (Fsp3) is 0.316. The number of ether oxygens (including phenoxy) is 1. The molecule has 2 aromatic rings. The van der Waals surface area contributed by atoms with Crippen molar-refractivity contribution >= 4 is 45.5 Å². The topological polar surface area (TPSA) is 87.7 Å². The highest BCUT2D eigenvalue weighted by molar-refractivity contribution is 7.16. The van der Waals surface area contributed by atoms with Crippen LogP contribution in [0.4, 0.5) is 16.4 Å². The molecule has 0 aliphatic rings. The van der Waals surface area contributed by atoms with Crippen molar-refractivity contribution in [2.45, 2.75) is 20.8 Å². The molecule has 0 atom stereocenters. The van der Waals surface area contributed by atoms with Gasteiger partial charge in [-0.05, 0) is 43.7 Å². The van der Waals surface area contributed by atoms with Gasteiger partial charge in [0.05, 0.1) is 5.56 Å². The van der Waals surface area contributed by atoms with Crippen LogP contribution in [0.15, 0.2) is 24.3 Å². The van der Waals surface area contributed by atoms with Gasteiger partial charge >= 0.3 is 5.97 Å².